The number of amidine groups is 2. The van der Waals surface area contributed by atoms with Crippen LogP contribution in [0.3, 0.4) is 0 Å². The van der Waals surface area contributed by atoms with Crippen LogP contribution in [0, 0.1) is 0 Å². The summed E-state index contributed by atoms with van der Waals surface area (Å²) in [6, 6.07) is 72.2. The smallest absolute Gasteiger partial charge is 0.159 e. The Kier molecular flexibility index (Phi) is 8.14. The zero-order valence-electron chi connectivity index (χ0n) is 31.5. The van der Waals surface area contributed by atoms with Crippen molar-refractivity contribution in [1.82, 2.24) is 5.32 Å². The summed E-state index contributed by atoms with van der Waals surface area (Å²) in [5.74, 6) is 1.49. The molecule has 0 aliphatic carbocycles. The molecule has 58 heavy (non-hydrogen) atoms. The van der Waals surface area contributed by atoms with Crippen LogP contribution in [0.5, 0.6) is 0 Å². The van der Waals surface area contributed by atoms with Crippen LogP contribution in [-0.4, -0.2) is 11.7 Å². The second kappa shape index (κ2) is 14.1. The number of para-hydroxylation sites is 1. The van der Waals surface area contributed by atoms with Crippen LogP contribution >= 0.6 is 0 Å². The van der Waals surface area contributed by atoms with Crippen LogP contribution in [-0.2, 0) is 0 Å². The average Bonchev–Trinajstić information content (AvgIpc) is 3.68. The van der Waals surface area contributed by atoms with E-state index in [0.29, 0.717) is 5.84 Å². The molecular weight excluding hydrogens is 709 g/mol. The maximum Gasteiger partial charge on any atom is 0.159 e. The van der Waals surface area contributed by atoms with Gasteiger partial charge in [-0.1, -0.05) is 158 Å². The molecule has 0 bridgehead atoms. The summed E-state index contributed by atoms with van der Waals surface area (Å²) in [7, 11) is 0. The molecule has 0 saturated heterocycles. The molecule has 1 aliphatic heterocycles. The lowest BCUT2D eigenvalue weighted by Gasteiger charge is -2.27. The van der Waals surface area contributed by atoms with Crippen molar-refractivity contribution in [3.05, 3.63) is 223 Å². The number of rotatable bonds is 7. The predicted octanol–water partition coefficient (Wildman–Crippen LogP) is 13.5. The van der Waals surface area contributed by atoms with E-state index >= 15 is 0 Å². The standard InChI is InChI=1S/C53H36N4O/c1-4-16-37(17-5-1)51-54-52(38-18-6-2-7-19-38)56-53(55-51)47-34-46-45-33-39(29-32-49(45)58-50(46)44-25-13-12-24-43(44)47)35-27-30-41(31-28-35)57(40-21-8-3-9-22-40)48-26-14-20-36-15-10-11-23-42(36)48/h1-34,53H,(H,54,55,56). The Hall–Kier alpha value is -7.76. The van der Waals surface area contributed by atoms with E-state index < -0.39 is 0 Å². The van der Waals surface area contributed by atoms with Crippen molar-refractivity contribution in [2.24, 2.45) is 9.98 Å². The highest BCUT2D eigenvalue weighted by Crippen LogP contribution is 2.42. The molecule has 10 aromatic rings. The van der Waals surface area contributed by atoms with E-state index in [2.05, 4.69) is 180 Å². The van der Waals surface area contributed by atoms with Gasteiger partial charge in [0.2, 0.25) is 0 Å². The molecule has 9 aromatic carbocycles. The summed E-state index contributed by atoms with van der Waals surface area (Å²) in [4.78, 5) is 12.6. The number of fused-ring (bicyclic) bond motifs is 6. The second-order valence-electron chi connectivity index (χ2n) is 14.6. The Bertz CT molecular complexity index is 3180. The highest BCUT2D eigenvalue weighted by molar-refractivity contribution is 6.18. The number of anilines is 3. The number of aliphatic imine (C=N–C) groups is 2. The van der Waals surface area contributed by atoms with E-state index in [9.17, 15) is 0 Å². The first-order chi connectivity index (χ1) is 28.7. The normalized spacial score (nSPS) is 14.0. The molecular formula is C53H36N4O. The Morgan fingerprint density at radius 2 is 1.07 bits per heavy atom. The van der Waals surface area contributed by atoms with Gasteiger partial charge >= 0.3 is 0 Å². The third kappa shape index (κ3) is 5.89. The molecule has 1 aromatic heterocycles. The summed E-state index contributed by atoms with van der Waals surface area (Å²) in [5, 5.41) is 10.4. The van der Waals surface area contributed by atoms with E-state index in [1.807, 2.05) is 36.4 Å². The van der Waals surface area contributed by atoms with Gasteiger partial charge in [-0.3, -0.25) is 0 Å². The molecule has 0 spiro atoms. The van der Waals surface area contributed by atoms with Crippen LogP contribution in [0.15, 0.2) is 221 Å². The molecule has 1 unspecified atom stereocenters. The van der Waals surface area contributed by atoms with Crippen LogP contribution in [0.4, 0.5) is 17.1 Å². The zero-order valence-corrected chi connectivity index (χ0v) is 31.5. The summed E-state index contributed by atoms with van der Waals surface area (Å²) in [6.45, 7) is 0. The van der Waals surface area contributed by atoms with Gasteiger partial charge in [-0.2, -0.15) is 0 Å². The molecule has 0 saturated carbocycles. The largest absolute Gasteiger partial charge is 0.455 e. The van der Waals surface area contributed by atoms with Gasteiger partial charge in [0.05, 0.1) is 5.69 Å². The van der Waals surface area contributed by atoms with Gasteiger partial charge in [0.25, 0.3) is 0 Å². The van der Waals surface area contributed by atoms with Crippen LogP contribution in [0.2, 0.25) is 0 Å². The maximum atomic E-state index is 6.68. The number of nitrogens with one attached hydrogen (secondary N) is 1. The van der Waals surface area contributed by atoms with E-state index in [4.69, 9.17) is 14.4 Å². The van der Waals surface area contributed by atoms with E-state index in [1.54, 1.807) is 0 Å². The quantitative estimate of drug-likeness (QED) is 0.177. The minimum Gasteiger partial charge on any atom is -0.455 e. The van der Waals surface area contributed by atoms with E-state index in [1.165, 1.54) is 10.8 Å². The molecule has 0 radical (unpaired) electrons. The summed E-state index contributed by atoms with van der Waals surface area (Å²) in [6.07, 6.45) is -0.382. The number of benzene rings is 9. The molecule has 11 rings (SSSR count). The molecule has 1 aliphatic rings. The molecule has 2 heterocycles. The highest BCUT2D eigenvalue weighted by atomic mass is 16.3. The molecule has 0 fully saturated rings. The predicted molar refractivity (Wildman–Crippen MR) is 241 cm³/mol. The molecule has 1 N–H and O–H groups in total. The topological polar surface area (TPSA) is 53.1 Å². The van der Waals surface area contributed by atoms with Crippen molar-refractivity contribution in [3.8, 4) is 11.1 Å². The molecule has 1 atom stereocenters. The monoisotopic (exact) mass is 744 g/mol. The molecule has 0 amide bonds. The van der Waals surface area contributed by atoms with Crippen molar-refractivity contribution in [2.75, 3.05) is 4.90 Å². The van der Waals surface area contributed by atoms with Crippen LogP contribution in [0.25, 0.3) is 54.6 Å². The van der Waals surface area contributed by atoms with Gasteiger partial charge in [-0.15, -0.1) is 0 Å². The molecule has 274 valence electrons. The fraction of sp³-hybridized carbons (Fsp3) is 0.0189. The van der Waals surface area contributed by atoms with Gasteiger partial charge in [-0.05, 0) is 70.4 Å². The fourth-order valence-electron chi connectivity index (χ4n) is 8.31. The Balaban J connectivity index is 1.02. The first-order valence-corrected chi connectivity index (χ1v) is 19.6. The van der Waals surface area contributed by atoms with Crippen LogP contribution in [0.1, 0.15) is 22.9 Å². The number of hydrogen-bond acceptors (Lipinski definition) is 5. The summed E-state index contributed by atoms with van der Waals surface area (Å²) >= 11 is 0. The third-order valence-corrected chi connectivity index (χ3v) is 11.1. The van der Waals surface area contributed by atoms with E-state index in [0.717, 1.165) is 83.4 Å². The third-order valence-electron chi connectivity index (χ3n) is 11.1. The van der Waals surface area contributed by atoms with Gasteiger partial charge in [0.1, 0.15) is 23.2 Å². The lowest BCUT2D eigenvalue weighted by Crippen LogP contribution is -2.33. The fourth-order valence-corrected chi connectivity index (χ4v) is 8.31. The minimum absolute atomic E-state index is 0.382. The zero-order chi connectivity index (χ0) is 38.4. The highest BCUT2D eigenvalue weighted by Gasteiger charge is 2.25. The SMILES string of the molecule is c1ccc(C2=NC(c3cc4c5cc(-c6ccc(N(c7ccccc7)c7cccc8ccccc78)cc6)ccc5oc4c4ccccc34)NC(c3ccccc3)=N2)cc1. The lowest BCUT2D eigenvalue weighted by atomic mass is 9.96. The maximum absolute atomic E-state index is 6.68. The van der Waals surface area contributed by atoms with Gasteiger partial charge in [-0.25, -0.2) is 9.98 Å². The Morgan fingerprint density at radius 3 is 1.84 bits per heavy atom. The number of hydrogen-bond donors (Lipinski definition) is 1. The van der Waals surface area contributed by atoms with Crippen molar-refractivity contribution in [2.45, 2.75) is 6.17 Å². The van der Waals surface area contributed by atoms with Crippen molar-refractivity contribution in [3.63, 3.8) is 0 Å². The van der Waals surface area contributed by atoms with Crippen LogP contribution < -0.4 is 10.2 Å². The first kappa shape index (κ1) is 33.6. The van der Waals surface area contributed by atoms with Gasteiger partial charge in [0, 0.05) is 49.6 Å². The Labute approximate surface area is 335 Å². The lowest BCUT2D eigenvalue weighted by molar-refractivity contribution is 0.669. The second-order valence-corrected chi connectivity index (χ2v) is 14.6. The Morgan fingerprint density at radius 1 is 0.448 bits per heavy atom. The molecule has 5 heteroatoms. The van der Waals surface area contributed by atoms with Gasteiger partial charge in [0.15, 0.2) is 5.84 Å². The van der Waals surface area contributed by atoms with E-state index in [-0.39, 0.29) is 6.17 Å². The summed E-state index contributed by atoms with van der Waals surface area (Å²) in [5.41, 5.74) is 10.3. The number of furan rings is 1. The van der Waals surface area contributed by atoms with Crippen molar-refractivity contribution < 1.29 is 4.42 Å². The number of nitrogens with zero attached hydrogens (tertiary/aromatic N) is 3. The van der Waals surface area contributed by atoms with Crippen molar-refractivity contribution >= 4 is 72.2 Å². The average molecular weight is 745 g/mol. The van der Waals surface area contributed by atoms with Crippen molar-refractivity contribution in [1.29, 1.82) is 0 Å². The van der Waals surface area contributed by atoms with Gasteiger partial charge < -0.3 is 14.6 Å². The minimum atomic E-state index is -0.382. The molecule has 5 nitrogen and oxygen atoms in total. The first-order valence-electron chi connectivity index (χ1n) is 19.6. The summed E-state index contributed by atoms with van der Waals surface area (Å²) < 4.78 is 6.68.